The minimum Gasteiger partial charge on any atom is -0.457 e. The molecule has 2 heterocycles. The van der Waals surface area contributed by atoms with Crippen molar-refractivity contribution >= 4 is 17.7 Å². The fourth-order valence-corrected chi connectivity index (χ4v) is 3.43. The third kappa shape index (κ3) is 3.09. The van der Waals surface area contributed by atoms with E-state index >= 15 is 0 Å². The number of nitrogens with zero attached hydrogens (tertiary/aromatic N) is 3. The van der Waals surface area contributed by atoms with Crippen molar-refractivity contribution in [1.82, 2.24) is 9.78 Å². The van der Waals surface area contributed by atoms with E-state index in [1.54, 1.807) is 35.4 Å². The van der Waals surface area contributed by atoms with Gasteiger partial charge in [0.15, 0.2) is 0 Å². The number of carbonyl (C=O) groups is 2. The molecule has 2 aromatic rings. The number of carbonyl (C=O) groups excluding carboxylic acids is 2. The van der Waals surface area contributed by atoms with Gasteiger partial charge in [-0.15, -0.1) is 0 Å². The Morgan fingerprint density at radius 3 is 2.76 bits per heavy atom. The number of anilines is 1. The van der Waals surface area contributed by atoms with E-state index in [1.165, 1.54) is 0 Å². The number of ether oxygens (including phenoxy) is 2. The monoisotopic (exact) mass is 341 g/mol. The molecule has 2 aliphatic rings. The summed E-state index contributed by atoms with van der Waals surface area (Å²) in [7, 11) is 0. The number of amides is 1. The zero-order valence-corrected chi connectivity index (χ0v) is 13.7. The van der Waals surface area contributed by atoms with Gasteiger partial charge in [-0.05, 0) is 49.6 Å². The van der Waals surface area contributed by atoms with Crippen LogP contribution in [0.3, 0.4) is 0 Å². The molecule has 7 nitrogen and oxygen atoms in total. The second kappa shape index (κ2) is 6.58. The van der Waals surface area contributed by atoms with Gasteiger partial charge in [0.1, 0.15) is 12.7 Å². The van der Waals surface area contributed by atoms with E-state index in [0.29, 0.717) is 24.4 Å². The maximum absolute atomic E-state index is 12.5. The number of esters is 1. The smallest absolute Gasteiger partial charge is 0.414 e. The van der Waals surface area contributed by atoms with Crippen molar-refractivity contribution in [3.05, 3.63) is 48.3 Å². The number of rotatable bonds is 4. The SMILES string of the molecule is O=C(O[C@@H]1CCC[C@H]1n1cccn1)c1ccc(N2CCOC2=O)cc1. The molecule has 0 N–H and O–H groups in total. The van der Waals surface area contributed by atoms with Crippen LogP contribution in [-0.2, 0) is 9.47 Å². The molecule has 1 saturated heterocycles. The maximum Gasteiger partial charge on any atom is 0.414 e. The van der Waals surface area contributed by atoms with Crippen LogP contribution in [0.4, 0.5) is 10.5 Å². The molecule has 1 saturated carbocycles. The minimum atomic E-state index is -0.358. The zero-order chi connectivity index (χ0) is 17.2. The van der Waals surface area contributed by atoms with Crippen LogP contribution < -0.4 is 4.90 Å². The Kier molecular flexibility index (Phi) is 4.13. The molecule has 1 aromatic carbocycles. The standard InChI is InChI=1S/C18H19N3O4/c22-17(25-16-4-1-3-15(16)21-10-2-9-19-21)13-5-7-14(8-6-13)20-11-12-24-18(20)23/h2,5-10,15-16H,1,3-4,11-12H2/t15-,16-/m1/s1. The normalized spacial score (nSPS) is 22.9. The quantitative estimate of drug-likeness (QED) is 0.800. The molecule has 1 aromatic heterocycles. The number of aromatic nitrogens is 2. The molecule has 4 rings (SSSR count). The van der Waals surface area contributed by atoms with E-state index in [4.69, 9.17) is 9.47 Å². The summed E-state index contributed by atoms with van der Waals surface area (Å²) in [6, 6.07) is 8.81. The van der Waals surface area contributed by atoms with Gasteiger partial charge in [-0.2, -0.15) is 5.10 Å². The summed E-state index contributed by atoms with van der Waals surface area (Å²) in [5.41, 5.74) is 1.19. The fourth-order valence-electron chi connectivity index (χ4n) is 3.43. The van der Waals surface area contributed by atoms with E-state index < -0.39 is 0 Å². The van der Waals surface area contributed by atoms with E-state index in [0.717, 1.165) is 19.3 Å². The molecule has 0 bridgehead atoms. The van der Waals surface area contributed by atoms with Crippen LogP contribution in [0.15, 0.2) is 42.7 Å². The van der Waals surface area contributed by atoms with Crippen molar-refractivity contribution in [2.24, 2.45) is 0 Å². The zero-order valence-electron chi connectivity index (χ0n) is 13.7. The number of benzene rings is 1. The van der Waals surface area contributed by atoms with Crippen LogP contribution in [0.25, 0.3) is 0 Å². The highest BCUT2D eigenvalue weighted by Crippen LogP contribution is 2.32. The summed E-state index contributed by atoms with van der Waals surface area (Å²) < 4.78 is 12.5. The van der Waals surface area contributed by atoms with Gasteiger partial charge in [0.25, 0.3) is 0 Å². The van der Waals surface area contributed by atoms with E-state index in [9.17, 15) is 9.59 Å². The predicted octanol–water partition coefficient (Wildman–Crippen LogP) is 2.79. The van der Waals surface area contributed by atoms with E-state index in [2.05, 4.69) is 5.10 Å². The van der Waals surface area contributed by atoms with Gasteiger partial charge in [0.05, 0.1) is 18.2 Å². The first kappa shape index (κ1) is 15.7. The van der Waals surface area contributed by atoms with Gasteiger partial charge in [-0.25, -0.2) is 9.59 Å². The number of hydrogen-bond acceptors (Lipinski definition) is 5. The first-order valence-corrected chi connectivity index (χ1v) is 8.47. The molecule has 2 atom stereocenters. The molecular weight excluding hydrogens is 322 g/mol. The Morgan fingerprint density at radius 2 is 2.08 bits per heavy atom. The molecule has 1 amide bonds. The van der Waals surface area contributed by atoms with Crippen LogP contribution >= 0.6 is 0 Å². The highest BCUT2D eigenvalue weighted by molar-refractivity contribution is 5.92. The molecule has 7 heteroatoms. The molecule has 0 unspecified atom stereocenters. The summed E-state index contributed by atoms with van der Waals surface area (Å²) >= 11 is 0. The Hall–Kier alpha value is -2.83. The lowest BCUT2D eigenvalue weighted by molar-refractivity contribution is 0.0210. The number of hydrogen-bond donors (Lipinski definition) is 0. The van der Waals surface area contributed by atoms with Gasteiger partial charge >= 0.3 is 12.1 Å². The Labute approximate surface area is 145 Å². The second-order valence-corrected chi connectivity index (χ2v) is 6.24. The molecule has 0 radical (unpaired) electrons. The van der Waals surface area contributed by atoms with Gasteiger partial charge in [-0.1, -0.05) is 0 Å². The van der Waals surface area contributed by atoms with Crippen molar-refractivity contribution in [3.63, 3.8) is 0 Å². The van der Waals surface area contributed by atoms with Crippen LogP contribution in [-0.4, -0.2) is 41.1 Å². The molecule has 1 aliphatic heterocycles. The Morgan fingerprint density at radius 1 is 1.24 bits per heavy atom. The second-order valence-electron chi connectivity index (χ2n) is 6.24. The summed E-state index contributed by atoms with van der Waals surface area (Å²) in [6.45, 7) is 0.912. The molecule has 25 heavy (non-hydrogen) atoms. The third-order valence-electron chi connectivity index (χ3n) is 4.72. The summed E-state index contributed by atoms with van der Waals surface area (Å²) in [4.78, 5) is 25.6. The average Bonchev–Trinajstić information content (AvgIpc) is 3.36. The summed E-state index contributed by atoms with van der Waals surface area (Å²) in [5.74, 6) is -0.348. The van der Waals surface area contributed by atoms with Gasteiger partial charge in [-0.3, -0.25) is 9.58 Å². The first-order valence-electron chi connectivity index (χ1n) is 8.47. The maximum atomic E-state index is 12.5. The highest BCUT2D eigenvalue weighted by atomic mass is 16.6. The Bertz CT molecular complexity index is 757. The lowest BCUT2D eigenvalue weighted by atomic mass is 10.2. The van der Waals surface area contributed by atoms with Crippen molar-refractivity contribution in [1.29, 1.82) is 0 Å². The van der Waals surface area contributed by atoms with Crippen LogP contribution in [0, 0.1) is 0 Å². The van der Waals surface area contributed by atoms with Crippen LogP contribution in [0.2, 0.25) is 0 Å². The Balaban J connectivity index is 1.43. The summed E-state index contributed by atoms with van der Waals surface area (Å²) in [6.07, 6.45) is 5.92. The lowest BCUT2D eigenvalue weighted by Gasteiger charge is -2.20. The van der Waals surface area contributed by atoms with Gasteiger partial charge in [0, 0.05) is 18.1 Å². The van der Waals surface area contributed by atoms with Crippen molar-refractivity contribution in [2.45, 2.75) is 31.4 Å². The van der Waals surface area contributed by atoms with Gasteiger partial charge in [0.2, 0.25) is 0 Å². The van der Waals surface area contributed by atoms with E-state index in [1.807, 2.05) is 16.9 Å². The van der Waals surface area contributed by atoms with Crippen molar-refractivity contribution in [2.75, 3.05) is 18.1 Å². The first-order chi connectivity index (χ1) is 12.2. The summed E-state index contributed by atoms with van der Waals surface area (Å²) in [5, 5.41) is 4.27. The largest absolute Gasteiger partial charge is 0.457 e. The predicted molar refractivity (Wildman–Crippen MR) is 89.5 cm³/mol. The molecule has 2 fully saturated rings. The molecule has 130 valence electrons. The fraction of sp³-hybridized carbons (Fsp3) is 0.389. The highest BCUT2D eigenvalue weighted by Gasteiger charge is 2.32. The van der Waals surface area contributed by atoms with E-state index in [-0.39, 0.29) is 24.2 Å². The topological polar surface area (TPSA) is 73.7 Å². The number of cyclic esters (lactones) is 1. The van der Waals surface area contributed by atoms with Crippen molar-refractivity contribution < 1.29 is 19.1 Å². The van der Waals surface area contributed by atoms with Crippen molar-refractivity contribution in [3.8, 4) is 0 Å². The molecular formula is C18H19N3O4. The minimum absolute atomic E-state index is 0.0950. The van der Waals surface area contributed by atoms with Crippen LogP contribution in [0.5, 0.6) is 0 Å². The molecule has 1 aliphatic carbocycles. The lowest BCUT2D eigenvalue weighted by Crippen LogP contribution is -2.25. The van der Waals surface area contributed by atoms with Gasteiger partial charge < -0.3 is 9.47 Å². The third-order valence-corrected chi connectivity index (χ3v) is 4.72. The molecule has 0 spiro atoms. The van der Waals surface area contributed by atoms with Crippen LogP contribution in [0.1, 0.15) is 35.7 Å². The average molecular weight is 341 g/mol.